The topological polar surface area (TPSA) is 70.7 Å². The Morgan fingerprint density at radius 2 is 2.05 bits per heavy atom. The Hall–Kier alpha value is -1.79. The van der Waals surface area contributed by atoms with E-state index in [2.05, 4.69) is 10.6 Å². The van der Waals surface area contributed by atoms with Gasteiger partial charge in [0.15, 0.2) is 0 Å². The van der Waals surface area contributed by atoms with Gasteiger partial charge in [0.05, 0.1) is 13.7 Å². The van der Waals surface area contributed by atoms with Gasteiger partial charge in [-0.2, -0.15) is 0 Å². The van der Waals surface area contributed by atoms with Gasteiger partial charge in [0, 0.05) is 31.2 Å². The highest BCUT2D eigenvalue weighted by atomic mass is 35.5. The second-order valence-electron chi connectivity index (χ2n) is 5.05. The smallest absolute Gasteiger partial charge is 0.251 e. The van der Waals surface area contributed by atoms with Crippen LogP contribution in [0.2, 0.25) is 0 Å². The lowest BCUT2D eigenvalue weighted by atomic mass is 10.2. The van der Waals surface area contributed by atoms with E-state index in [-0.39, 0.29) is 36.8 Å². The summed E-state index contributed by atoms with van der Waals surface area (Å²) in [5, 5.41) is 5.89. The number of rotatable bonds is 4. The Morgan fingerprint density at radius 1 is 1.36 bits per heavy atom. The minimum absolute atomic E-state index is 0. The number of ether oxygens (including phenoxy) is 1. The first kappa shape index (κ1) is 18.3. The summed E-state index contributed by atoms with van der Waals surface area (Å²) in [6, 6.07) is 6.94. The van der Waals surface area contributed by atoms with Crippen molar-refractivity contribution in [2.75, 3.05) is 33.3 Å². The van der Waals surface area contributed by atoms with Crippen molar-refractivity contribution in [2.45, 2.75) is 13.0 Å². The fourth-order valence-corrected chi connectivity index (χ4v) is 2.31. The summed E-state index contributed by atoms with van der Waals surface area (Å²) in [5.41, 5.74) is 0.511. The molecule has 0 aromatic heterocycles. The molecule has 2 amide bonds. The fourth-order valence-electron chi connectivity index (χ4n) is 2.31. The summed E-state index contributed by atoms with van der Waals surface area (Å²) in [6.45, 7) is 4.28. The lowest BCUT2D eigenvalue weighted by Gasteiger charge is -2.34. The van der Waals surface area contributed by atoms with E-state index < -0.39 is 0 Å². The summed E-state index contributed by atoms with van der Waals surface area (Å²) < 4.78 is 5.04. The van der Waals surface area contributed by atoms with Crippen LogP contribution >= 0.6 is 12.4 Å². The molecule has 0 spiro atoms. The molecule has 122 valence electrons. The first-order valence-electron chi connectivity index (χ1n) is 7.04. The number of halogens is 1. The number of benzene rings is 1. The molecule has 1 heterocycles. The Morgan fingerprint density at radius 3 is 2.64 bits per heavy atom. The van der Waals surface area contributed by atoms with Crippen LogP contribution in [-0.4, -0.2) is 56.0 Å². The summed E-state index contributed by atoms with van der Waals surface area (Å²) >= 11 is 0. The van der Waals surface area contributed by atoms with Gasteiger partial charge in [-0.3, -0.25) is 9.59 Å². The average molecular weight is 328 g/mol. The molecule has 0 saturated carbocycles. The number of piperazine rings is 1. The Labute approximate surface area is 136 Å². The van der Waals surface area contributed by atoms with Crippen LogP contribution in [0.3, 0.4) is 0 Å². The van der Waals surface area contributed by atoms with Crippen molar-refractivity contribution in [3.8, 4) is 5.75 Å². The van der Waals surface area contributed by atoms with Crippen molar-refractivity contribution in [1.82, 2.24) is 15.5 Å². The number of methoxy groups -OCH3 is 1. The Kier molecular flexibility index (Phi) is 7.14. The molecular weight excluding hydrogens is 306 g/mol. The first-order valence-corrected chi connectivity index (χ1v) is 7.04. The second-order valence-corrected chi connectivity index (χ2v) is 5.05. The van der Waals surface area contributed by atoms with Crippen molar-refractivity contribution < 1.29 is 14.3 Å². The number of amides is 2. The van der Waals surface area contributed by atoms with Gasteiger partial charge in [-0.25, -0.2) is 0 Å². The SMILES string of the molecule is COc1ccc(C(=O)NCC(=O)N2CCNC[C@@H]2C)cc1.Cl. The van der Waals surface area contributed by atoms with Gasteiger partial charge in [-0.15, -0.1) is 12.4 Å². The monoisotopic (exact) mass is 327 g/mol. The molecular formula is C15H22ClN3O3. The molecule has 7 heteroatoms. The molecule has 0 unspecified atom stereocenters. The van der Waals surface area contributed by atoms with Crippen LogP contribution in [0.25, 0.3) is 0 Å². The molecule has 22 heavy (non-hydrogen) atoms. The number of carbonyl (C=O) groups excluding carboxylic acids is 2. The molecule has 1 aliphatic heterocycles. The lowest BCUT2D eigenvalue weighted by molar-refractivity contribution is -0.132. The van der Waals surface area contributed by atoms with E-state index in [1.165, 1.54) is 0 Å². The molecule has 1 saturated heterocycles. The van der Waals surface area contributed by atoms with Crippen LogP contribution in [0.15, 0.2) is 24.3 Å². The van der Waals surface area contributed by atoms with Crippen molar-refractivity contribution in [2.24, 2.45) is 0 Å². The summed E-state index contributed by atoms with van der Waals surface area (Å²) in [5.74, 6) is 0.386. The van der Waals surface area contributed by atoms with Crippen molar-refractivity contribution in [3.63, 3.8) is 0 Å². The molecule has 1 aromatic rings. The summed E-state index contributed by atoms with van der Waals surface area (Å²) in [6.07, 6.45) is 0. The van der Waals surface area contributed by atoms with E-state index in [0.29, 0.717) is 17.9 Å². The molecule has 1 aliphatic rings. The zero-order chi connectivity index (χ0) is 15.2. The molecule has 1 fully saturated rings. The number of nitrogens with one attached hydrogen (secondary N) is 2. The largest absolute Gasteiger partial charge is 0.497 e. The number of hydrogen-bond donors (Lipinski definition) is 2. The van der Waals surface area contributed by atoms with Gasteiger partial charge < -0.3 is 20.3 Å². The van der Waals surface area contributed by atoms with E-state index in [1.54, 1.807) is 36.3 Å². The highest BCUT2D eigenvalue weighted by molar-refractivity contribution is 5.96. The molecule has 0 bridgehead atoms. The fraction of sp³-hybridized carbons (Fsp3) is 0.467. The molecule has 1 atom stereocenters. The summed E-state index contributed by atoms with van der Waals surface area (Å²) in [7, 11) is 1.57. The third-order valence-electron chi connectivity index (χ3n) is 3.57. The van der Waals surface area contributed by atoms with E-state index in [4.69, 9.17) is 4.74 Å². The molecule has 1 aromatic carbocycles. The van der Waals surface area contributed by atoms with E-state index in [1.807, 2.05) is 6.92 Å². The predicted octanol–water partition coefficient (Wildman–Crippen LogP) is 0.667. The van der Waals surface area contributed by atoms with Crippen molar-refractivity contribution in [1.29, 1.82) is 0 Å². The van der Waals surface area contributed by atoms with Gasteiger partial charge >= 0.3 is 0 Å². The van der Waals surface area contributed by atoms with E-state index >= 15 is 0 Å². The third kappa shape index (κ3) is 4.61. The van der Waals surface area contributed by atoms with Crippen LogP contribution in [0.4, 0.5) is 0 Å². The standard InChI is InChI=1S/C15H21N3O3.ClH/c1-11-9-16-7-8-18(11)14(19)10-17-15(20)12-3-5-13(21-2)6-4-12;/h3-6,11,16H,7-10H2,1-2H3,(H,17,20);1H/t11-;/m0./s1. The van der Waals surface area contributed by atoms with Crippen LogP contribution in [0, 0.1) is 0 Å². The second kappa shape index (κ2) is 8.60. The van der Waals surface area contributed by atoms with Gasteiger partial charge in [0.25, 0.3) is 5.91 Å². The number of nitrogens with zero attached hydrogens (tertiary/aromatic N) is 1. The number of hydrogen-bond acceptors (Lipinski definition) is 4. The molecule has 2 N–H and O–H groups in total. The van der Waals surface area contributed by atoms with Crippen molar-refractivity contribution >= 4 is 24.2 Å². The van der Waals surface area contributed by atoms with Crippen molar-refractivity contribution in [3.05, 3.63) is 29.8 Å². The van der Waals surface area contributed by atoms with Gasteiger partial charge in [0.1, 0.15) is 5.75 Å². The Bertz CT molecular complexity index is 507. The summed E-state index contributed by atoms with van der Waals surface area (Å²) in [4.78, 5) is 25.9. The molecule has 0 radical (unpaired) electrons. The van der Waals surface area contributed by atoms with Crippen LogP contribution in [0.5, 0.6) is 5.75 Å². The zero-order valence-electron chi connectivity index (χ0n) is 12.8. The highest BCUT2D eigenvalue weighted by Crippen LogP contribution is 2.11. The highest BCUT2D eigenvalue weighted by Gasteiger charge is 2.23. The van der Waals surface area contributed by atoms with E-state index in [9.17, 15) is 9.59 Å². The van der Waals surface area contributed by atoms with Crippen LogP contribution in [0.1, 0.15) is 17.3 Å². The van der Waals surface area contributed by atoms with Gasteiger partial charge in [-0.1, -0.05) is 0 Å². The lowest BCUT2D eigenvalue weighted by Crippen LogP contribution is -2.54. The van der Waals surface area contributed by atoms with E-state index in [0.717, 1.165) is 13.1 Å². The maximum atomic E-state index is 12.1. The average Bonchev–Trinajstić information content (AvgIpc) is 2.52. The molecule has 2 rings (SSSR count). The Balaban J connectivity index is 0.00000242. The quantitative estimate of drug-likeness (QED) is 0.852. The normalized spacial score (nSPS) is 17.4. The predicted molar refractivity (Wildman–Crippen MR) is 86.6 cm³/mol. The minimum atomic E-state index is -0.256. The maximum absolute atomic E-state index is 12.1. The number of carbonyl (C=O) groups is 2. The molecule has 6 nitrogen and oxygen atoms in total. The van der Waals surface area contributed by atoms with Gasteiger partial charge in [0.2, 0.25) is 5.91 Å². The van der Waals surface area contributed by atoms with Crippen LogP contribution < -0.4 is 15.4 Å². The van der Waals surface area contributed by atoms with Crippen LogP contribution in [-0.2, 0) is 4.79 Å². The first-order chi connectivity index (χ1) is 10.1. The molecule has 0 aliphatic carbocycles. The zero-order valence-corrected chi connectivity index (χ0v) is 13.6. The maximum Gasteiger partial charge on any atom is 0.251 e. The minimum Gasteiger partial charge on any atom is -0.497 e. The third-order valence-corrected chi connectivity index (χ3v) is 3.57. The van der Waals surface area contributed by atoms with Gasteiger partial charge in [-0.05, 0) is 31.2 Å².